The molecule has 0 amide bonds. The minimum atomic E-state index is -0.499. The first-order chi connectivity index (χ1) is 11.3. The second-order valence-electron chi connectivity index (χ2n) is 4.88. The highest BCUT2D eigenvalue weighted by Gasteiger charge is 2.08. The van der Waals surface area contributed by atoms with Gasteiger partial charge in [-0.3, -0.25) is 0 Å². The van der Waals surface area contributed by atoms with Crippen LogP contribution < -0.4 is 4.74 Å². The highest BCUT2D eigenvalue weighted by molar-refractivity contribution is 6.02. The number of nitrogens with zero attached hydrogens (tertiary/aromatic N) is 1. The molecule has 0 fully saturated rings. The number of benzene rings is 3. The molecule has 0 bridgehead atoms. The van der Waals surface area contributed by atoms with Gasteiger partial charge in [0.15, 0.2) is 0 Å². The van der Waals surface area contributed by atoms with Gasteiger partial charge in [0.2, 0.25) is 0 Å². The first-order valence-electron chi connectivity index (χ1n) is 7.15. The van der Waals surface area contributed by atoms with Crippen LogP contribution >= 0.6 is 0 Å². The average molecular weight is 305 g/mol. The molecule has 0 atom stereocenters. The zero-order chi connectivity index (χ0) is 16.1. The van der Waals surface area contributed by atoms with Crippen molar-refractivity contribution in [3.63, 3.8) is 0 Å². The molecule has 3 rings (SSSR count). The number of hydrogen-bond donors (Lipinski definition) is 0. The fraction of sp³-hybridized carbons (Fsp3) is 0.0526. The Morgan fingerprint density at radius 3 is 2.48 bits per heavy atom. The van der Waals surface area contributed by atoms with Crippen molar-refractivity contribution in [3.05, 3.63) is 77.9 Å². The van der Waals surface area contributed by atoms with Gasteiger partial charge in [-0.25, -0.2) is 4.79 Å². The first-order valence-corrected chi connectivity index (χ1v) is 7.15. The van der Waals surface area contributed by atoms with E-state index in [0.717, 1.165) is 16.3 Å². The van der Waals surface area contributed by atoms with Gasteiger partial charge < -0.3 is 9.57 Å². The van der Waals surface area contributed by atoms with E-state index in [0.29, 0.717) is 11.3 Å². The molecule has 0 radical (unpaired) electrons. The lowest BCUT2D eigenvalue weighted by molar-refractivity contribution is 0.0519. The van der Waals surface area contributed by atoms with E-state index in [1.165, 1.54) is 6.21 Å². The molecule has 4 heteroatoms. The Morgan fingerprint density at radius 1 is 0.957 bits per heavy atom. The quantitative estimate of drug-likeness (QED) is 0.415. The maximum absolute atomic E-state index is 11.9. The molecule has 0 unspecified atom stereocenters. The van der Waals surface area contributed by atoms with Crippen LogP contribution in [0.2, 0.25) is 0 Å². The Morgan fingerprint density at radius 2 is 1.70 bits per heavy atom. The predicted molar refractivity (Wildman–Crippen MR) is 90.0 cm³/mol. The third-order valence-corrected chi connectivity index (χ3v) is 3.48. The number of ether oxygens (including phenoxy) is 1. The summed E-state index contributed by atoms with van der Waals surface area (Å²) in [6, 6.07) is 20.4. The zero-order valence-corrected chi connectivity index (χ0v) is 12.6. The van der Waals surface area contributed by atoms with Crippen LogP contribution in [0.3, 0.4) is 0 Å². The summed E-state index contributed by atoms with van der Waals surface area (Å²) in [6.07, 6.45) is 1.50. The van der Waals surface area contributed by atoms with Crippen molar-refractivity contribution in [2.24, 2.45) is 5.16 Å². The van der Waals surface area contributed by atoms with Gasteiger partial charge in [0.25, 0.3) is 0 Å². The minimum Gasteiger partial charge on any atom is -0.496 e. The van der Waals surface area contributed by atoms with Gasteiger partial charge in [0, 0.05) is 5.56 Å². The molecule has 4 nitrogen and oxygen atoms in total. The van der Waals surface area contributed by atoms with Crippen molar-refractivity contribution in [2.75, 3.05) is 7.11 Å². The van der Waals surface area contributed by atoms with Crippen molar-refractivity contribution in [1.82, 2.24) is 0 Å². The Labute approximate surface area is 134 Å². The van der Waals surface area contributed by atoms with E-state index in [9.17, 15) is 4.79 Å². The summed E-state index contributed by atoms with van der Waals surface area (Å²) in [7, 11) is 1.59. The Kier molecular flexibility index (Phi) is 4.34. The summed E-state index contributed by atoms with van der Waals surface area (Å²) in [5.41, 5.74) is 1.22. The zero-order valence-electron chi connectivity index (χ0n) is 12.6. The molecule has 0 heterocycles. The number of oxime groups is 1. The van der Waals surface area contributed by atoms with Crippen LogP contribution in [0.25, 0.3) is 10.8 Å². The molecule has 0 saturated heterocycles. The van der Waals surface area contributed by atoms with Gasteiger partial charge in [0.1, 0.15) is 5.75 Å². The molecule has 3 aromatic rings. The van der Waals surface area contributed by atoms with Gasteiger partial charge in [-0.1, -0.05) is 53.7 Å². The van der Waals surface area contributed by atoms with Crippen LogP contribution in [0.4, 0.5) is 0 Å². The number of rotatable bonds is 4. The van der Waals surface area contributed by atoms with Gasteiger partial charge in [-0.05, 0) is 29.0 Å². The summed E-state index contributed by atoms with van der Waals surface area (Å²) in [4.78, 5) is 16.8. The highest BCUT2D eigenvalue weighted by atomic mass is 16.7. The molecule has 3 aromatic carbocycles. The molecule has 0 aliphatic carbocycles. The highest BCUT2D eigenvalue weighted by Crippen LogP contribution is 2.26. The standard InChI is InChI=1S/C19H15NO3/c1-22-18-12-11-14-7-5-6-10-16(14)17(18)13-20-23-19(21)15-8-3-2-4-9-15/h2-13H,1H3/b20-13+. The lowest BCUT2D eigenvalue weighted by Crippen LogP contribution is -2.01. The minimum absolute atomic E-state index is 0.453. The van der Waals surface area contributed by atoms with Crippen LogP contribution in [0.1, 0.15) is 15.9 Å². The van der Waals surface area contributed by atoms with E-state index < -0.39 is 5.97 Å². The summed E-state index contributed by atoms with van der Waals surface area (Å²) >= 11 is 0. The van der Waals surface area contributed by atoms with Gasteiger partial charge in [-0.2, -0.15) is 0 Å². The summed E-state index contributed by atoms with van der Waals surface area (Å²) in [6.45, 7) is 0. The van der Waals surface area contributed by atoms with Crippen molar-refractivity contribution in [2.45, 2.75) is 0 Å². The monoisotopic (exact) mass is 305 g/mol. The van der Waals surface area contributed by atoms with Crippen LogP contribution in [-0.4, -0.2) is 19.3 Å². The van der Waals surface area contributed by atoms with Crippen molar-refractivity contribution in [1.29, 1.82) is 0 Å². The fourth-order valence-corrected chi connectivity index (χ4v) is 2.34. The number of methoxy groups -OCH3 is 1. The first kappa shape index (κ1) is 14.8. The Balaban J connectivity index is 1.87. The van der Waals surface area contributed by atoms with E-state index in [4.69, 9.17) is 9.57 Å². The van der Waals surface area contributed by atoms with E-state index in [1.54, 1.807) is 31.4 Å². The van der Waals surface area contributed by atoms with Crippen molar-refractivity contribution in [3.8, 4) is 5.75 Å². The molecule has 0 saturated carbocycles. The lowest BCUT2D eigenvalue weighted by atomic mass is 10.0. The van der Waals surface area contributed by atoms with E-state index in [2.05, 4.69) is 5.16 Å². The summed E-state index contributed by atoms with van der Waals surface area (Å²) in [5, 5.41) is 5.86. The van der Waals surface area contributed by atoms with Crippen LogP contribution in [0.15, 0.2) is 71.9 Å². The van der Waals surface area contributed by atoms with Crippen molar-refractivity contribution < 1.29 is 14.4 Å². The molecule has 0 N–H and O–H groups in total. The Hall–Kier alpha value is -3.14. The van der Waals surface area contributed by atoms with Crippen LogP contribution in [0, 0.1) is 0 Å². The van der Waals surface area contributed by atoms with Crippen LogP contribution in [0.5, 0.6) is 5.75 Å². The largest absolute Gasteiger partial charge is 0.496 e. The molecular weight excluding hydrogens is 290 g/mol. The van der Waals surface area contributed by atoms with Gasteiger partial charge in [-0.15, -0.1) is 0 Å². The molecule has 23 heavy (non-hydrogen) atoms. The normalized spacial score (nSPS) is 10.8. The average Bonchev–Trinajstić information content (AvgIpc) is 2.62. The van der Waals surface area contributed by atoms with Gasteiger partial charge >= 0.3 is 5.97 Å². The topological polar surface area (TPSA) is 47.9 Å². The molecule has 0 aliphatic heterocycles. The number of fused-ring (bicyclic) bond motifs is 1. The second-order valence-corrected chi connectivity index (χ2v) is 4.88. The maximum atomic E-state index is 11.9. The fourth-order valence-electron chi connectivity index (χ4n) is 2.34. The van der Waals surface area contributed by atoms with E-state index in [-0.39, 0.29) is 0 Å². The second kappa shape index (κ2) is 6.75. The van der Waals surface area contributed by atoms with Crippen LogP contribution in [-0.2, 0) is 4.84 Å². The molecular formula is C19H15NO3. The molecule has 0 aromatic heterocycles. The number of hydrogen-bond acceptors (Lipinski definition) is 4. The van der Waals surface area contributed by atoms with Gasteiger partial charge in [0.05, 0.1) is 18.9 Å². The molecule has 0 aliphatic rings. The molecule has 114 valence electrons. The van der Waals surface area contributed by atoms with E-state index >= 15 is 0 Å². The number of carbonyl (C=O) groups is 1. The Bertz CT molecular complexity index is 857. The predicted octanol–water partition coefficient (Wildman–Crippen LogP) is 4.04. The summed E-state index contributed by atoms with van der Waals surface area (Å²) < 4.78 is 5.36. The third kappa shape index (κ3) is 3.21. The maximum Gasteiger partial charge on any atom is 0.365 e. The lowest BCUT2D eigenvalue weighted by Gasteiger charge is -2.08. The number of carbonyl (C=O) groups excluding carboxylic acids is 1. The summed E-state index contributed by atoms with van der Waals surface area (Å²) in [5.74, 6) is 0.171. The smallest absolute Gasteiger partial charge is 0.365 e. The third-order valence-electron chi connectivity index (χ3n) is 3.48. The molecule has 0 spiro atoms. The van der Waals surface area contributed by atoms with E-state index in [1.807, 2.05) is 42.5 Å². The SMILES string of the molecule is COc1ccc2ccccc2c1/C=N/OC(=O)c1ccccc1. The van der Waals surface area contributed by atoms with Crippen molar-refractivity contribution >= 4 is 23.0 Å².